The van der Waals surface area contributed by atoms with Crippen LogP contribution in [0.25, 0.3) is 105 Å². The van der Waals surface area contributed by atoms with Crippen LogP contribution in [0.5, 0.6) is 0 Å². The molecule has 3 nitrogen and oxygen atoms in total. The van der Waals surface area contributed by atoms with Crippen molar-refractivity contribution in [2.24, 2.45) is 0 Å². The van der Waals surface area contributed by atoms with E-state index in [1.165, 1.54) is 16.3 Å². The number of nitrogens with zero attached hydrogens (tertiary/aromatic N) is 2. The van der Waals surface area contributed by atoms with Crippen LogP contribution in [0.15, 0.2) is 271 Å². The van der Waals surface area contributed by atoms with Gasteiger partial charge in [-0.3, -0.25) is 0 Å². The number of rotatable bonds is 9. The van der Waals surface area contributed by atoms with Crippen LogP contribution in [0.4, 0.5) is 17.1 Å². The second-order valence-electron chi connectivity index (χ2n) is 17.6. The Hall–Kier alpha value is -9.18. The van der Waals surface area contributed by atoms with E-state index in [0.29, 0.717) is 0 Å². The average molecular weight is 881 g/mol. The van der Waals surface area contributed by atoms with Crippen molar-refractivity contribution in [2.75, 3.05) is 4.90 Å². The van der Waals surface area contributed by atoms with E-state index in [4.69, 9.17) is 4.42 Å². The summed E-state index contributed by atoms with van der Waals surface area (Å²) in [5.41, 5.74) is 19.5. The molecule has 0 saturated carbocycles. The van der Waals surface area contributed by atoms with Gasteiger partial charge in [-0.05, 0) is 88.0 Å². The van der Waals surface area contributed by atoms with Crippen molar-refractivity contribution < 1.29 is 4.42 Å². The van der Waals surface area contributed by atoms with Gasteiger partial charge in [0.15, 0.2) is 0 Å². The Bertz CT molecular complexity index is 4020. The number of hydrogen-bond acceptors (Lipinski definition) is 2. The van der Waals surface area contributed by atoms with Crippen molar-refractivity contribution in [3.05, 3.63) is 267 Å². The van der Waals surface area contributed by atoms with Gasteiger partial charge < -0.3 is 13.9 Å². The van der Waals surface area contributed by atoms with Crippen molar-refractivity contribution in [2.45, 2.75) is 0 Å². The van der Waals surface area contributed by atoms with Crippen LogP contribution in [-0.4, -0.2) is 4.57 Å². The summed E-state index contributed by atoms with van der Waals surface area (Å²) in [6.07, 6.45) is 0. The average Bonchev–Trinajstić information content (AvgIpc) is 3.98. The van der Waals surface area contributed by atoms with Gasteiger partial charge in [-0.1, -0.05) is 212 Å². The summed E-state index contributed by atoms with van der Waals surface area (Å²) < 4.78 is 9.27. The highest BCUT2D eigenvalue weighted by Gasteiger charge is 2.26. The van der Waals surface area contributed by atoms with E-state index >= 15 is 0 Å². The van der Waals surface area contributed by atoms with Crippen LogP contribution >= 0.6 is 0 Å². The number of aromatic nitrogens is 1. The van der Waals surface area contributed by atoms with Crippen LogP contribution in [0.1, 0.15) is 0 Å². The van der Waals surface area contributed by atoms with Gasteiger partial charge in [-0.25, -0.2) is 0 Å². The Labute approximate surface area is 401 Å². The third kappa shape index (κ3) is 6.91. The summed E-state index contributed by atoms with van der Waals surface area (Å²) in [5, 5.41) is 4.63. The first-order chi connectivity index (χ1) is 34.3. The fourth-order valence-electron chi connectivity index (χ4n) is 10.5. The van der Waals surface area contributed by atoms with Gasteiger partial charge in [0.05, 0.1) is 22.4 Å². The fourth-order valence-corrected chi connectivity index (χ4v) is 10.5. The van der Waals surface area contributed by atoms with Gasteiger partial charge in [0.2, 0.25) is 0 Å². The Morgan fingerprint density at radius 1 is 0.319 bits per heavy atom. The van der Waals surface area contributed by atoms with Crippen LogP contribution in [0.2, 0.25) is 0 Å². The minimum Gasteiger partial charge on any atom is -0.455 e. The summed E-state index contributed by atoms with van der Waals surface area (Å²) >= 11 is 0. The second-order valence-corrected chi connectivity index (χ2v) is 17.6. The normalized spacial score (nSPS) is 11.5. The predicted octanol–water partition coefficient (Wildman–Crippen LogP) is 18.5. The number of furan rings is 1. The lowest BCUT2D eigenvalue weighted by Crippen LogP contribution is -2.13. The third-order valence-corrected chi connectivity index (χ3v) is 13.6. The van der Waals surface area contributed by atoms with Gasteiger partial charge in [-0.15, -0.1) is 0 Å². The molecule has 2 heterocycles. The maximum atomic E-state index is 6.83. The SMILES string of the molecule is c1ccc(-c2cccc(-c3c(-c4cccc5c4oc4ccccc45)cccc3N(c3cccc(-c4ccccc4)c3)c3ccccc3-c3cccc4c5ccccc5n(-c5ccccc5)c34)c2)cc1. The minimum atomic E-state index is 0.870. The summed E-state index contributed by atoms with van der Waals surface area (Å²) in [4.78, 5) is 2.49. The smallest absolute Gasteiger partial charge is 0.143 e. The molecule has 0 aliphatic heterocycles. The lowest BCUT2D eigenvalue weighted by molar-refractivity contribution is 0.670. The maximum absolute atomic E-state index is 6.83. The first-order valence-electron chi connectivity index (χ1n) is 23.6. The number of fused-ring (bicyclic) bond motifs is 6. The van der Waals surface area contributed by atoms with Crippen molar-refractivity contribution >= 4 is 60.8 Å². The topological polar surface area (TPSA) is 21.3 Å². The highest BCUT2D eigenvalue weighted by atomic mass is 16.3. The molecule has 0 spiro atoms. The molecule has 0 unspecified atom stereocenters. The van der Waals surface area contributed by atoms with Crippen LogP contribution < -0.4 is 4.90 Å². The monoisotopic (exact) mass is 880 g/mol. The summed E-state index contributed by atoms with van der Waals surface area (Å²) in [5.74, 6) is 0. The van der Waals surface area contributed by atoms with Gasteiger partial charge in [-0.2, -0.15) is 0 Å². The molecule has 324 valence electrons. The molecule has 0 fully saturated rings. The third-order valence-electron chi connectivity index (χ3n) is 13.6. The number of benzene rings is 11. The molecule has 11 aromatic carbocycles. The van der Waals surface area contributed by atoms with Gasteiger partial charge in [0.25, 0.3) is 0 Å². The highest BCUT2D eigenvalue weighted by molar-refractivity contribution is 6.16. The zero-order valence-electron chi connectivity index (χ0n) is 37.7. The summed E-state index contributed by atoms with van der Waals surface area (Å²) in [6, 6.07) is 96.3. The highest BCUT2D eigenvalue weighted by Crippen LogP contribution is 2.51. The van der Waals surface area contributed by atoms with E-state index in [-0.39, 0.29) is 0 Å². The lowest BCUT2D eigenvalue weighted by Gasteiger charge is -2.31. The first-order valence-corrected chi connectivity index (χ1v) is 23.6. The molecule has 0 aliphatic carbocycles. The maximum Gasteiger partial charge on any atom is 0.143 e. The Balaban J connectivity index is 1.13. The second kappa shape index (κ2) is 16.9. The molecule has 0 saturated heterocycles. The first kappa shape index (κ1) is 40.1. The van der Waals surface area contributed by atoms with Crippen molar-refractivity contribution in [1.29, 1.82) is 0 Å². The molecular weight excluding hydrogens is 837 g/mol. The zero-order chi connectivity index (χ0) is 45.7. The van der Waals surface area contributed by atoms with E-state index in [0.717, 1.165) is 106 Å². The van der Waals surface area contributed by atoms with E-state index in [1.54, 1.807) is 0 Å². The molecule has 13 aromatic rings. The molecule has 2 aromatic heterocycles. The molecular formula is C66H44N2O. The quantitative estimate of drug-likeness (QED) is 0.144. The van der Waals surface area contributed by atoms with Crippen LogP contribution in [0, 0.1) is 0 Å². The lowest BCUT2D eigenvalue weighted by atomic mass is 9.89. The molecule has 0 radical (unpaired) electrons. The van der Waals surface area contributed by atoms with E-state index in [1.807, 2.05) is 6.07 Å². The van der Waals surface area contributed by atoms with Gasteiger partial charge in [0, 0.05) is 55.2 Å². The van der Waals surface area contributed by atoms with E-state index in [2.05, 4.69) is 270 Å². The molecule has 0 bridgehead atoms. The molecule has 0 aliphatic rings. The fraction of sp³-hybridized carbons (Fsp3) is 0. The standard InChI is InChI=1S/C66H44N2O/c1-4-21-45(22-5-1)47-25-16-27-49(43-47)64-55(59-38-19-37-58-54-33-12-15-42-63(54)69-66(58)59)34-20-41-62(64)67(51-30-17-26-48(44-51)46-23-6-2-7-24-46)60-39-13-10-31-52(60)56-35-18-36-57-53-32-11-14-40-61(53)68(65(56)57)50-28-8-3-9-29-50/h1-44H. The number of para-hydroxylation sites is 6. The van der Waals surface area contributed by atoms with Crippen molar-refractivity contribution in [1.82, 2.24) is 4.57 Å². The molecule has 0 amide bonds. The Morgan fingerprint density at radius 3 is 1.64 bits per heavy atom. The summed E-state index contributed by atoms with van der Waals surface area (Å²) in [7, 11) is 0. The Morgan fingerprint density at radius 2 is 0.841 bits per heavy atom. The molecule has 69 heavy (non-hydrogen) atoms. The molecule has 3 heteroatoms. The predicted molar refractivity (Wildman–Crippen MR) is 290 cm³/mol. The van der Waals surface area contributed by atoms with Gasteiger partial charge in [0.1, 0.15) is 11.2 Å². The van der Waals surface area contributed by atoms with Crippen molar-refractivity contribution in [3.63, 3.8) is 0 Å². The molecule has 0 atom stereocenters. The summed E-state index contributed by atoms with van der Waals surface area (Å²) in [6.45, 7) is 0. The largest absolute Gasteiger partial charge is 0.455 e. The Kier molecular flexibility index (Phi) is 9.84. The van der Waals surface area contributed by atoms with Crippen molar-refractivity contribution in [3.8, 4) is 61.3 Å². The van der Waals surface area contributed by atoms with E-state index < -0.39 is 0 Å². The number of hydrogen-bond donors (Lipinski definition) is 0. The van der Waals surface area contributed by atoms with Crippen LogP contribution in [-0.2, 0) is 0 Å². The molecule has 0 N–H and O–H groups in total. The van der Waals surface area contributed by atoms with Gasteiger partial charge >= 0.3 is 0 Å². The minimum absolute atomic E-state index is 0.870. The number of anilines is 3. The van der Waals surface area contributed by atoms with E-state index in [9.17, 15) is 0 Å². The molecule has 13 rings (SSSR count). The zero-order valence-corrected chi connectivity index (χ0v) is 37.7. The van der Waals surface area contributed by atoms with Crippen LogP contribution in [0.3, 0.4) is 0 Å².